The molecule has 0 unspecified atom stereocenters. The van der Waals surface area contributed by atoms with Crippen LogP contribution in [0.4, 0.5) is 0 Å². The average molecular weight is 415 g/mol. The number of aromatic nitrogens is 1. The Kier molecular flexibility index (Phi) is 5.22. The van der Waals surface area contributed by atoms with E-state index in [9.17, 15) is 14.7 Å². The van der Waals surface area contributed by atoms with Crippen molar-refractivity contribution in [2.45, 2.75) is 34.1 Å². The maximum atomic E-state index is 13.0. The van der Waals surface area contributed by atoms with Gasteiger partial charge in [-0.2, -0.15) is 0 Å². The molecule has 2 aliphatic rings. The second-order valence-electron chi connectivity index (χ2n) is 9.02. The SMILES string of the molecule is Cc1noc(C)c1Cc1ccc(C(=O)N2C[C@H]3CN(C(=O)C(C)C)C[C@@]3(CO)C2)o1. The number of furan rings is 1. The number of aryl methyl sites for hydroxylation is 2. The molecule has 8 heteroatoms. The van der Waals surface area contributed by atoms with Crippen LogP contribution < -0.4 is 0 Å². The first kappa shape index (κ1) is 20.7. The monoisotopic (exact) mass is 415 g/mol. The molecule has 2 fully saturated rings. The summed E-state index contributed by atoms with van der Waals surface area (Å²) in [5, 5.41) is 14.1. The zero-order valence-electron chi connectivity index (χ0n) is 18.0. The number of hydrogen-bond donors (Lipinski definition) is 1. The fourth-order valence-electron chi connectivity index (χ4n) is 4.76. The topological polar surface area (TPSA) is 100 Å². The number of amides is 2. The van der Waals surface area contributed by atoms with Gasteiger partial charge in [0.2, 0.25) is 5.91 Å². The first-order chi connectivity index (χ1) is 14.2. The molecule has 4 rings (SSSR count). The van der Waals surface area contributed by atoms with E-state index in [4.69, 9.17) is 8.94 Å². The zero-order chi connectivity index (χ0) is 21.6. The molecule has 2 aromatic heterocycles. The van der Waals surface area contributed by atoms with Crippen LogP contribution in [0, 0.1) is 31.1 Å². The summed E-state index contributed by atoms with van der Waals surface area (Å²) in [5.41, 5.74) is 1.33. The fourth-order valence-corrected chi connectivity index (χ4v) is 4.76. The van der Waals surface area contributed by atoms with Crippen molar-refractivity contribution in [3.05, 3.63) is 40.7 Å². The standard InChI is InChI=1S/C22H29N3O5/c1-13(2)20(27)24-8-16-9-25(11-22(16,10-24)12-26)21(28)19-6-5-17(29-19)7-18-14(3)23-30-15(18)4/h5-6,13,16,26H,7-12H2,1-4H3/t16-,22+/m1/s1. The quantitative estimate of drug-likeness (QED) is 0.802. The van der Waals surface area contributed by atoms with Gasteiger partial charge in [-0.1, -0.05) is 19.0 Å². The van der Waals surface area contributed by atoms with Crippen molar-refractivity contribution >= 4 is 11.8 Å². The zero-order valence-corrected chi connectivity index (χ0v) is 18.0. The van der Waals surface area contributed by atoms with E-state index < -0.39 is 5.41 Å². The molecule has 8 nitrogen and oxygen atoms in total. The number of aliphatic hydroxyl groups is 1. The van der Waals surface area contributed by atoms with Gasteiger partial charge in [0.15, 0.2) is 5.76 Å². The molecule has 0 bridgehead atoms. The second-order valence-corrected chi connectivity index (χ2v) is 9.02. The van der Waals surface area contributed by atoms with E-state index in [1.54, 1.807) is 17.0 Å². The van der Waals surface area contributed by atoms with Gasteiger partial charge in [-0.25, -0.2) is 0 Å². The Morgan fingerprint density at radius 2 is 1.93 bits per heavy atom. The van der Waals surface area contributed by atoms with Gasteiger partial charge in [0.25, 0.3) is 5.91 Å². The third-order valence-electron chi connectivity index (χ3n) is 6.57. The van der Waals surface area contributed by atoms with Crippen molar-refractivity contribution in [3.8, 4) is 0 Å². The van der Waals surface area contributed by atoms with E-state index >= 15 is 0 Å². The van der Waals surface area contributed by atoms with Gasteiger partial charge >= 0.3 is 0 Å². The van der Waals surface area contributed by atoms with Gasteiger partial charge in [0.1, 0.15) is 11.5 Å². The Morgan fingerprint density at radius 3 is 2.53 bits per heavy atom. The lowest BCUT2D eigenvalue weighted by Crippen LogP contribution is -2.41. The lowest BCUT2D eigenvalue weighted by Gasteiger charge is -2.27. The van der Waals surface area contributed by atoms with Crippen LogP contribution in [0.2, 0.25) is 0 Å². The van der Waals surface area contributed by atoms with Crippen molar-refractivity contribution in [1.82, 2.24) is 15.0 Å². The molecule has 30 heavy (non-hydrogen) atoms. The van der Waals surface area contributed by atoms with Crippen molar-refractivity contribution in [2.24, 2.45) is 17.3 Å². The molecule has 4 heterocycles. The first-order valence-electron chi connectivity index (χ1n) is 10.4. The Balaban J connectivity index is 1.45. The molecule has 162 valence electrons. The van der Waals surface area contributed by atoms with Crippen LogP contribution in [0.25, 0.3) is 0 Å². The number of hydrogen-bond acceptors (Lipinski definition) is 6. The van der Waals surface area contributed by atoms with Crippen LogP contribution in [-0.4, -0.2) is 64.7 Å². The minimum Gasteiger partial charge on any atom is -0.456 e. The molecule has 0 radical (unpaired) electrons. The van der Waals surface area contributed by atoms with Crippen LogP contribution in [0.1, 0.15) is 47.2 Å². The number of nitrogens with zero attached hydrogens (tertiary/aromatic N) is 3. The summed E-state index contributed by atoms with van der Waals surface area (Å²) in [6, 6.07) is 3.50. The van der Waals surface area contributed by atoms with Crippen LogP contribution in [0.15, 0.2) is 21.1 Å². The number of aliphatic hydroxyl groups excluding tert-OH is 1. The van der Waals surface area contributed by atoms with Gasteiger partial charge < -0.3 is 23.8 Å². The minimum atomic E-state index is -0.452. The molecular formula is C22H29N3O5. The molecule has 2 saturated heterocycles. The van der Waals surface area contributed by atoms with E-state index in [1.807, 2.05) is 32.6 Å². The third-order valence-corrected chi connectivity index (χ3v) is 6.57. The Morgan fingerprint density at radius 1 is 1.23 bits per heavy atom. The van der Waals surface area contributed by atoms with Crippen LogP contribution >= 0.6 is 0 Å². The maximum Gasteiger partial charge on any atom is 0.289 e. The normalized spacial score (nSPS) is 23.5. The number of carbonyl (C=O) groups excluding carboxylic acids is 2. The largest absolute Gasteiger partial charge is 0.456 e. The Hall–Kier alpha value is -2.61. The highest BCUT2D eigenvalue weighted by Gasteiger charge is 2.54. The van der Waals surface area contributed by atoms with E-state index in [1.165, 1.54) is 0 Å². The highest BCUT2D eigenvalue weighted by Crippen LogP contribution is 2.43. The Bertz CT molecular complexity index is 942. The number of rotatable bonds is 5. The van der Waals surface area contributed by atoms with E-state index in [-0.39, 0.29) is 30.3 Å². The molecule has 2 amide bonds. The van der Waals surface area contributed by atoms with E-state index in [2.05, 4.69) is 5.16 Å². The number of carbonyl (C=O) groups is 2. The summed E-state index contributed by atoms with van der Waals surface area (Å²) < 4.78 is 11.0. The van der Waals surface area contributed by atoms with Gasteiger partial charge in [-0.15, -0.1) is 0 Å². The van der Waals surface area contributed by atoms with Crippen molar-refractivity contribution < 1.29 is 23.6 Å². The second kappa shape index (κ2) is 7.58. The summed E-state index contributed by atoms with van der Waals surface area (Å²) in [5.74, 6) is 1.64. The smallest absolute Gasteiger partial charge is 0.289 e. The summed E-state index contributed by atoms with van der Waals surface area (Å²) in [6.45, 7) is 9.47. The lowest BCUT2D eigenvalue weighted by molar-refractivity contribution is -0.134. The van der Waals surface area contributed by atoms with Crippen LogP contribution in [0.3, 0.4) is 0 Å². The van der Waals surface area contributed by atoms with Crippen molar-refractivity contribution in [1.29, 1.82) is 0 Å². The molecule has 2 aliphatic heterocycles. The van der Waals surface area contributed by atoms with Crippen LogP contribution in [0.5, 0.6) is 0 Å². The van der Waals surface area contributed by atoms with Gasteiger partial charge in [-0.3, -0.25) is 9.59 Å². The van der Waals surface area contributed by atoms with E-state index in [0.29, 0.717) is 44.1 Å². The van der Waals surface area contributed by atoms with Crippen LogP contribution in [-0.2, 0) is 11.2 Å². The van der Waals surface area contributed by atoms with Gasteiger partial charge in [-0.05, 0) is 26.0 Å². The molecule has 0 saturated carbocycles. The molecular weight excluding hydrogens is 386 g/mol. The number of likely N-dealkylation sites (tertiary alicyclic amines) is 2. The van der Waals surface area contributed by atoms with Crippen molar-refractivity contribution in [2.75, 3.05) is 32.8 Å². The molecule has 0 aliphatic carbocycles. The maximum absolute atomic E-state index is 13.0. The first-order valence-corrected chi connectivity index (χ1v) is 10.4. The lowest BCUT2D eigenvalue weighted by atomic mass is 9.82. The van der Waals surface area contributed by atoms with Gasteiger partial charge in [0.05, 0.1) is 12.3 Å². The highest BCUT2D eigenvalue weighted by atomic mass is 16.5. The molecule has 2 aromatic rings. The van der Waals surface area contributed by atoms with Gasteiger partial charge in [0, 0.05) is 55.4 Å². The predicted molar refractivity (Wildman–Crippen MR) is 108 cm³/mol. The predicted octanol–water partition coefficient (Wildman–Crippen LogP) is 2.02. The van der Waals surface area contributed by atoms with E-state index in [0.717, 1.165) is 17.0 Å². The fraction of sp³-hybridized carbons (Fsp3) is 0.591. The molecule has 1 N–H and O–H groups in total. The Labute approximate surface area is 175 Å². The minimum absolute atomic E-state index is 0.0429. The van der Waals surface area contributed by atoms with Crippen molar-refractivity contribution in [3.63, 3.8) is 0 Å². The molecule has 0 spiro atoms. The molecule has 2 atom stereocenters. The summed E-state index contributed by atoms with van der Waals surface area (Å²) in [7, 11) is 0. The summed E-state index contributed by atoms with van der Waals surface area (Å²) in [4.78, 5) is 29.0. The third kappa shape index (κ3) is 3.43. The average Bonchev–Trinajstić information content (AvgIpc) is 3.46. The summed E-state index contributed by atoms with van der Waals surface area (Å²) in [6.07, 6.45) is 0.518. The summed E-state index contributed by atoms with van der Waals surface area (Å²) >= 11 is 0. The number of fused-ring (bicyclic) bond motifs is 1. The molecule has 0 aromatic carbocycles. The highest BCUT2D eigenvalue weighted by molar-refractivity contribution is 5.92.